The zero-order valence-corrected chi connectivity index (χ0v) is 20.1. The van der Waals surface area contributed by atoms with Gasteiger partial charge in [-0.2, -0.15) is 18.3 Å². The molecule has 0 aliphatic carbocycles. The number of hydrogen-bond acceptors (Lipinski definition) is 6. The second-order valence-electron chi connectivity index (χ2n) is 7.81. The number of carboxylic acid groups (broad SMARTS) is 1. The van der Waals surface area contributed by atoms with Gasteiger partial charge in [-0.1, -0.05) is 13.8 Å². The van der Waals surface area contributed by atoms with E-state index in [1.807, 2.05) is 21.3 Å². The number of alkyl halides is 3. The molecule has 0 atom stereocenters. The Labute approximate surface area is 200 Å². The second-order valence-corrected chi connectivity index (χ2v) is 7.81. The molecule has 0 aliphatic heterocycles. The zero-order chi connectivity index (χ0) is 26.2. The van der Waals surface area contributed by atoms with Crippen molar-refractivity contribution in [1.29, 1.82) is 0 Å². The highest BCUT2D eigenvalue weighted by Crippen LogP contribution is 2.24. The van der Waals surface area contributed by atoms with Crippen molar-refractivity contribution in [2.45, 2.75) is 46.3 Å². The zero-order valence-electron chi connectivity index (χ0n) is 20.1. The molecule has 0 radical (unpaired) electrons. The normalized spacial score (nSPS) is 11.6. The lowest BCUT2D eigenvalue weighted by atomic mass is 10.3. The van der Waals surface area contributed by atoms with Gasteiger partial charge >= 0.3 is 12.1 Å². The molecule has 3 rings (SSSR count). The van der Waals surface area contributed by atoms with Crippen LogP contribution in [0.5, 0.6) is 0 Å². The molecule has 3 heterocycles. The third-order valence-electron chi connectivity index (χ3n) is 5.12. The Kier molecular flexibility index (Phi) is 9.75. The summed E-state index contributed by atoms with van der Waals surface area (Å²) in [5.41, 5.74) is 1.95. The molecule has 3 aromatic rings. The van der Waals surface area contributed by atoms with E-state index in [2.05, 4.69) is 53.0 Å². The first kappa shape index (κ1) is 27.8. The molecule has 0 aliphatic rings. The van der Waals surface area contributed by atoms with Gasteiger partial charge in [0, 0.05) is 31.2 Å². The number of aliphatic carboxylic acids is 1. The predicted molar refractivity (Wildman–Crippen MR) is 123 cm³/mol. The predicted octanol–water partition coefficient (Wildman–Crippen LogP) is 3.27. The van der Waals surface area contributed by atoms with Crippen LogP contribution in [-0.2, 0) is 4.79 Å². The van der Waals surface area contributed by atoms with Crippen LogP contribution < -0.4 is 5.32 Å². The molecule has 3 aromatic heterocycles. The summed E-state index contributed by atoms with van der Waals surface area (Å²) >= 11 is 0. The minimum atomic E-state index is -5.08. The van der Waals surface area contributed by atoms with Crippen LogP contribution in [0.15, 0.2) is 30.9 Å². The molecule has 0 saturated heterocycles. The Morgan fingerprint density at radius 1 is 1.20 bits per heavy atom. The van der Waals surface area contributed by atoms with Gasteiger partial charge < -0.3 is 15.3 Å². The van der Waals surface area contributed by atoms with Crippen molar-refractivity contribution in [1.82, 2.24) is 34.4 Å². The second kappa shape index (κ2) is 12.3. The molecule has 0 bridgehead atoms. The third-order valence-corrected chi connectivity index (χ3v) is 5.12. The quantitative estimate of drug-likeness (QED) is 0.436. The SMILES string of the molecule is CCN(CC)CCCNC(=O)c1nc(-c2ccnn2C(C)C)n2ccncc12.O=C(O)C(F)(F)F. The molecule has 0 aromatic carbocycles. The minimum absolute atomic E-state index is 0.174. The maximum atomic E-state index is 12.8. The molecule has 0 unspecified atom stereocenters. The van der Waals surface area contributed by atoms with Crippen LogP contribution >= 0.6 is 0 Å². The topological polar surface area (TPSA) is 118 Å². The van der Waals surface area contributed by atoms with Gasteiger partial charge in [0.1, 0.15) is 5.69 Å². The van der Waals surface area contributed by atoms with Gasteiger partial charge in [0.15, 0.2) is 11.5 Å². The molecule has 35 heavy (non-hydrogen) atoms. The van der Waals surface area contributed by atoms with Gasteiger partial charge in [0.25, 0.3) is 5.91 Å². The number of carbonyl (C=O) groups excluding carboxylic acids is 1. The highest BCUT2D eigenvalue weighted by atomic mass is 19.4. The monoisotopic (exact) mass is 497 g/mol. The van der Waals surface area contributed by atoms with E-state index < -0.39 is 12.1 Å². The molecule has 2 N–H and O–H groups in total. The highest BCUT2D eigenvalue weighted by Gasteiger charge is 2.38. The molecular weight excluding hydrogens is 467 g/mol. The summed E-state index contributed by atoms with van der Waals surface area (Å²) in [6, 6.07) is 2.11. The Bertz CT molecular complexity index is 1120. The summed E-state index contributed by atoms with van der Waals surface area (Å²) in [6.45, 7) is 12.1. The maximum Gasteiger partial charge on any atom is 0.490 e. The smallest absolute Gasteiger partial charge is 0.475 e. The van der Waals surface area contributed by atoms with Gasteiger partial charge in [-0.25, -0.2) is 9.78 Å². The lowest BCUT2D eigenvalue weighted by Crippen LogP contribution is -2.30. The lowest BCUT2D eigenvalue weighted by molar-refractivity contribution is -0.192. The summed E-state index contributed by atoms with van der Waals surface area (Å²) in [5.74, 6) is -2.24. The van der Waals surface area contributed by atoms with Crippen LogP contribution in [0.25, 0.3) is 17.0 Å². The number of amides is 1. The largest absolute Gasteiger partial charge is 0.490 e. The molecule has 192 valence electrons. The minimum Gasteiger partial charge on any atom is -0.475 e. The molecule has 0 spiro atoms. The van der Waals surface area contributed by atoms with Gasteiger partial charge in [-0.3, -0.25) is 18.9 Å². The molecule has 1 amide bonds. The number of hydrogen-bond donors (Lipinski definition) is 2. The lowest BCUT2D eigenvalue weighted by Gasteiger charge is -2.17. The van der Waals surface area contributed by atoms with Crippen molar-refractivity contribution in [2.75, 3.05) is 26.2 Å². The van der Waals surface area contributed by atoms with E-state index >= 15 is 0 Å². The van der Waals surface area contributed by atoms with E-state index in [4.69, 9.17) is 9.90 Å². The maximum absolute atomic E-state index is 12.8. The number of imidazole rings is 1. The molecule has 10 nitrogen and oxygen atoms in total. The van der Waals surface area contributed by atoms with Crippen LogP contribution in [0.4, 0.5) is 13.2 Å². The standard InChI is InChI=1S/C20H29N7O.C2HF3O2/c1-5-25(6-2)12-7-9-22-20(28)18-17-14-21-11-13-26(17)19(24-18)16-8-10-23-27(16)15(3)4;3-2(4,5)1(6)7/h8,10-11,13-15H,5-7,9,12H2,1-4H3,(H,22,28);(H,6,7). The summed E-state index contributed by atoms with van der Waals surface area (Å²) < 4.78 is 35.5. The first-order valence-corrected chi connectivity index (χ1v) is 11.2. The van der Waals surface area contributed by atoms with Gasteiger partial charge in [0.2, 0.25) is 0 Å². The summed E-state index contributed by atoms with van der Waals surface area (Å²) in [6.07, 6.45) is 2.78. The molecule has 13 heteroatoms. The van der Waals surface area contributed by atoms with Gasteiger partial charge in [0.05, 0.1) is 11.7 Å². The fourth-order valence-electron chi connectivity index (χ4n) is 3.32. The summed E-state index contributed by atoms with van der Waals surface area (Å²) in [7, 11) is 0. The first-order valence-electron chi connectivity index (χ1n) is 11.2. The fourth-order valence-corrected chi connectivity index (χ4v) is 3.32. The van der Waals surface area contributed by atoms with Crippen molar-refractivity contribution >= 4 is 17.4 Å². The van der Waals surface area contributed by atoms with Crippen LogP contribution in [0.3, 0.4) is 0 Å². The number of nitrogens with one attached hydrogen (secondary N) is 1. The van der Waals surface area contributed by atoms with E-state index in [-0.39, 0.29) is 11.9 Å². The van der Waals surface area contributed by atoms with Crippen molar-refractivity contribution in [3.8, 4) is 11.5 Å². The Morgan fingerprint density at radius 3 is 2.43 bits per heavy atom. The Hall–Kier alpha value is -3.48. The van der Waals surface area contributed by atoms with Crippen LogP contribution in [0.1, 0.15) is 50.6 Å². The molecular formula is C22H30F3N7O3. The number of nitrogens with zero attached hydrogens (tertiary/aromatic N) is 6. The number of fused-ring (bicyclic) bond motifs is 1. The number of carboxylic acids is 1. The summed E-state index contributed by atoms with van der Waals surface area (Å²) in [4.78, 5) is 32.9. The van der Waals surface area contributed by atoms with E-state index in [9.17, 15) is 18.0 Å². The van der Waals surface area contributed by atoms with Crippen molar-refractivity contribution in [2.24, 2.45) is 0 Å². The number of halogens is 3. The van der Waals surface area contributed by atoms with Crippen molar-refractivity contribution in [3.63, 3.8) is 0 Å². The van der Waals surface area contributed by atoms with Crippen LogP contribution in [-0.4, -0.2) is 78.4 Å². The molecule has 0 fully saturated rings. The summed E-state index contributed by atoms with van der Waals surface area (Å²) in [5, 5.41) is 14.5. The van der Waals surface area contributed by atoms with E-state index in [1.54, 1.807) is 18.6 Å². The van der Waals surface area contributed by atoms with Crippen molar-refractivity contribution < 1.29 is 27.9 Å². The number of aromatic nitrogens is 5. The van der Waals surface area contributed by atoms with Gasteiger partial charge in [-0.15, -0.1) is 0 Å². The average Bonchev–Trinajstić information content (AvgIpc) is 3.44. The fraction of sp³-hybridized carbons (Fsp3) is 0.500. The van der Waals surface area contributed by atoms with E-state index in [0.29, 0.717) is 23.6 Å². The first-order chi connectivity index (χ1) is 16.5. The Balaban J connectivity index is 0.000000540. The molecule has 0 saturated carbocycles. The van der Waals surface area contributed by atoms with Crippen molar-refractivity contribution in [3.05, 3.63) is 36.5 Å². The average molecular weight is 498 g/mol. The van der Waals surface area contributed by atoms with E-state index in [1.165, 1.54) is 0 Å². The van der Waals surface area contributed by atoms with E-state index in [0.717, 1.165) is 31.7 Å². The highest BCUT2D eigenvalue weighted by molar-refractivity contribution is 5.99. The number of carbonyl (C=O) groups is 2. The van der Waals surface area contributed by atoms with Gasteiger partial charge in [-0.05, 0) is 46.0 Å². The third kappa shape index (κ3) is 7.25. The number of rotatable bonds is 9. The Morgan fingerprint density at radius 2 is 1.86 bits per heavy atom. The van der Waals surface area contributed by atoms with Crippen LogP contribution in [0.2, 0.25) is 0 Å². The van der Waals surface area contributed by atoms with Crippen LogP contribution in [0, 0.1) is 0 Å².